The van der Waals surface area contributed by atoms with Crippen molar-refractivity contribution in [2.45, 2.75) is 199 Å². The predicted octanol–water partition coefficient (Wildman–Crippen LogP) is 9.97. The van der Waals surface area contributed by atoms with Gasteiger partial charge in [0.05, 0.1) is 40.3 Å². The number of ether oxygens (including phenoxy) is 3. The predicted molar refractivity (Wildman–Crippen MR) is 213 cm³/mol. The Morgan fingerprint density at radius 2 is 0.981 bits per heavy atom. The van der Waals surface area contributed by atoms with Crippen LogP contribution in [-0.2, 0) is 28.6 Å². The molecule has 0 radical (unpaired) electrons. The van der Waals surface area contributed by atoms with E-state index in [4.69, 9.17) is 14.2 Å². The van der Waals surface area contributed by atoms with E-state index < -0.39 is 18.1 Å². The molecule has 2 atom stereocenters. The van der Waals surface area contributed by atoms with Crippen molar-refractivity contribution in [3.05, 3.63) is 24.3 Å². The Morgan fingerprint density at radius 1 is 0.558 bits per heavy atom. The largest absolute Gasteiger partial charge is 0.544 e. The summed E-state index contributed by atoms with van der Waals surface area (Å²) in [5, 5.41) is 11.6. The van der Waals surface area contributed by atoms with E-state index in [-0.39, 0.29) is 42.7 Å². The lowest BCUT2D eigenvalue weighted by Gasteiger charge is -2.34. The van der Waals surface area contributed by atoms with Crippen LogP contribution in [0.5, 0.6) is 0 Å². The Bertz CT molecular complexity index is 911. The molecule has 52 heavy (non-hydrogen) atoms. The Kier molecular flexibility index (Phi) is 34.3. The standard InChI is InChI=1S/C44H81NO7/c1-6-8-10-12-14-16-18-19-20-21-22-23-25-26-28-30-32-34-42(46)51-39-40(38-50-37-36-41(44(48)49)45(3,4)5)52-43(47)35-33-31-29-27-24-17-15-13-11-9-7-2/h13,15,19-20,40-41H,6-12,14,16-18,21-39H2,1-5H3/b15-13+,20-19+. The smallest absolute Gasteiger partial charge is 0.306 e. The fourth-order valence-corrected chi connectivity index (χ4v) is 6.16. The summed E-state index contributed by atoms with van der Waals surface area (Å²) in [4.78, 5) is 36.7. The molecule has 304 valence electrons. The lowest BCUT2D eigenvalue weighted by Crippen LogP contribution is -2.55. The van der Waals surface area contributed by atoms with E-state index in [0.29, 0.717) is 12.8 Å². The summed E-state index contributed by atoms with van der Waals surface area (Å²) in [6.45, 7) is 4.61. The third-order valence-electron chi connectivity index (χ3n) is 9.56. The van der Waals surface area contributed by atoms with Gasteiger partial charge in [-0.1, -0.05) is 134 Å². The van der Waals surface area contributed by atoms with Crippen LogP contribution in [-0.4, -0.2) is 75.5 Å². The molecule has 0 aliphatic heterocycles. The highest BCUT2D eigenvalue weighted by Gasteiger charge is 2.25. The molecular weight excluding hydrogens is 654 g/mol. The van der Waals surface area contributed by atoms with Gasteiger partial charge in [-0.2, -0.15) is 0 Å². The minimum atomic E-state index is -1.13. The Balaban J connectivity index is 4.32. The number of quaternary nitrogens is 1. The molecule has 0 saturated carbocycles. The number of carboxylic acids is 1. The van der Waals surface area contributed by atoms with Gasteiger partial charge in [-0.3, -0.25) is 9.59 Å². The number of hydrogen-bond acceptors (Lipinski definition) is 7. The van der Waals surface area contributed by atoms with Gasteiger partial charge in [-0.05, 0) is 57.8 Å². The van der Waals surface area contributed by atoms with Crippen LogP contribution in [0.2, 0.25) is 0 Å². The second-order valence-electron chi connectivity index (χ2n) is 15.6. The highest BCUT2D eigenvalue weighted by Crippen LogP contribution is 2.14. The fraction of sp³-hybridized carbons (Fsp3) is 0.841. The van der Waals surface area contributed by atoms with Crippen molar-refractivity contribution in [3.8, 4) is 0 Å². The van der Waals surface area contributed by atoms with Gasteiger partial charge in [-0.15, -0.1) is 0 Å². The van der Waals surface area contributed by atoms with Crippen LogP contribution in [0.3, 0.4) is 0 Å². The molecule has 0 amide bonds. The summed E-state index contributed by atoms with van der Waals surface area (Å²) in [5.74, 6) is -1.75. The number of carboxylic acid groups (broad SMARTS) is 1. The number of unbranched alkanes of at least 4 members (excludes halogenated alkanes) is 20. The summed E-state index contributed by atoms with van der Waals surface area (Å²) in [7, 11) is 5.40. The SMILES string of the molecule is CCCC/C=C/CCCCCCCC(=O)OC(COCCC(C(=O)[O-])[N+](C)(C)C)COC(=O)CCCCCCCCC/C=C/CCCCCCCC. The number of aliphatic carboxylic acids is 1. The summed E-state index contributed by atoms with van der Waals surface area (Å²) in [5.41, 5.74) is 0. The van der Waals surface area contributed by atoms with Crippen molar-refractivity contribution in [2.75, 3.05) is 41.0 Å². The molecule has 0 fully saturated rings. The second kappa shape index (κ2) is 35.8. The highest BCUT2D eigenvalue weighted by atomic mass is 16.6. The normalized spacial score (nSPS) is 13.2. The number of nitrogens with zero attached hydrogens (tertiary/aromatic N) is 1. The molecule has 0 aromatic heterocycles. The number of likely N-dealkylation sites (N-methyl/N-ethyl adjacent to an activating group) is 1. The van der Waals surface area contributed by atoms with E-state index in [1.54, 1.807) is 21.1 Å². The first-order valence-electron chi connectivity index (χ1n) is 21.4. The molecule has 8 heteroatoms. The van der Waals surface area contributed by atoms with E-state index in [0.717, 1.165) is 51.4 Å². The minimum absolute atomic E-state index is 0.0383. The third-order valence-corrected chi connectivity index (χ3v) is 9.56. The number of allylic oxidation sites excluding steroid dienone is 4. The van der Waals surface area contributed by atoms with Crippen molar-refractivity contribution in [3.63, 3.8) is 0 Å². The van der Waals surface area contributed by atoms with E-state index in [2.05, 4.69) is 38.2 Å². The van der Waals surface area contributed by atoms with Crippen LogP contribution >= 0.6 is 0 Å². The average molecular weight is 736 g/mol. The van der Waals surface area contributed by atoms with Gasteiger partial charge in [0.15, 0.2) is 6.10 Å². The van der Waals surface area contributed by atoms with Crippen LogP contribution < -0.4 is 5.11 Å². The zero-order valence-corrected chi connectivity index (χ0v) is 34.5. The van der Waals surface area contributed by atoms with Crippen molar-refractivity contribution < 1.29 is 38.2 Å². The zero-order valence-electron chi connectivity index (χ0n) is 34.5. The molecule has 0 aromatic carbocycles. The third kappa shape index (κ3) is 33.6. The zero-order chi connectivity index (χ0) is 38.5. The number of esters is 2. The topological polar surface area (TPSA) is 102 Å². The molecule has 0 heterocycles. The number of carbonyl (C=O) groups is 3. The number of hydrogen-bond donors (Lipinski definition) is 0. The molecular formula is C44H81NO7. The van der Waals surface area contributed by atoms with Gasteiger partial charge in [0.1, 0.15) is 12.6 Å². The van der Waals surface area contributed by atoms with Crippen molar-refractivity contribution in [1.82, 2.24) is 0 Å². The molecule has 0 bridgehead atoms. The second-order valence-corrected chi connectivity index (χ2v) is 15.6. The fourth-order valence-electron chi connectivity index (χ4n) is 6.16. The van der Waals surface area contributed by atoms with Crippen LogP contribution in [0.15, 0.2) is 24.3 Å². The first kappa shape index (κ1) is 49.8. The van der Waals surface area contributed by atoms with Gasteiger partial charge in [0.2, 0.25) is 0 Å². The molecule has 0 N–H and O–H groups in total. The quantitative estimate of drug-likeness (QED) is 0.0269. The highest BCUT2D eigenvalue weighted by molar-refractivity contribution is 5.70. The monoisotopic (exact) mass is 736 g/mol. The van der Waals surface area contributed by atoms with Gasteiger partial charge in [0, 0.05) is 19.3 Å². The summed E-state index contributed by atoms with van der Waals surface area (Å²) in [6.07, 6.45) is 37.7. The number of rotatable bonds is 38. The van der Waals surface area contributed by atoms with Gasteiger partial charge < -0.3 is 28.6 Å². The molecule has 0 saturated heterocycles. The molecule has 0 aliphatic rings. The molecule has 0 rings (SSSR count). The summed E-state index contributed by atoms with van der Waals surface area (Å²) < 4.78 is 17.1. The van der Waals surface area contributed by atoms with E-state index in [1.165, 1.54) is 103 Å². The Morgan fingerprint density at radius 3 is 1.44 bits per heavy atom. The van der Waals surface area contributed by atoms with Crippen LogP contribution in [0.4, 0.5) is 0 Å². The van der Waals surface area contributed by atoms with Crippen molar-refractivity contribution in [2.24, 2.45) is 0 Å². The van der Waals surface area contributed by atoms with Crippen molar-refractivity contribution in [1.29, 1.82) is 0 Å². The Labute approximate surface area is 320 Å². The number of carbonyl (C=O) groups excluding carboxylic acids is 3. The lowest BCUT2D eigenvalue weighted by molar-refractivity contribution is -0.889. The van der Waals surface area contributed by atoms with Crippen LogP contribution in [0.25, 0.3) is 0 Å². The van der Waals surface area contributed by atoms with Crippen LogP contribution in [0, 0.1) is 0 Å². The maximum absolute atomic E-state index is 12.6. The van der Waals surface area contributed by atoms with Crippen molar-refractivity contribution >= 4 is 17.9 Å². The molecule has 8 nitrogen and oxygen atoms in total. The van der Waals surface area contributed by atoms with E-state index in [9.17, 15) is 19.5 Å². The van der Waals surface area contributed by atoms with Gasteiger partial charge in [0.25, 0.3) is 0 Å². The molecule has 2 unspecified atom stereocenters. The first-order chi connectivity index (χ1) is 25.1. The maximum Gasteiger partial charge on any atom is 0.306 e. The molecule has 0 spiro atoms. The summed E-state index contributed by atoms with van der Waals surface area (Å²) in [6, 6.07) is -0.724. The minimum Gasteiger partial charge on any atom is -0.544 e. The van der Waals surface area contributed by atoms with Gasteiger partial charge >= 0.3 is 11.9 Å². The first-order valence-corrected chi connectivity index (χ1v) is 21.4. The average Bonchev–Trinajstić information content (AvgIpc) is 3.09. The molecule has 0 aliphatic carbocycles. The molecule has 0 aromatic rings. The summed E-state index contributed by atoms with van der Waals surface area (Å²) >= 11 is 0. The Hall–Kier alpha value is -2.19. The van der Waals surface area contributed by atoms with E-state index >= 15 is 0 Å². The van der Waals surface area contributed by atoms with Gasteiger partial charge in [-0.25, -0.2) is 0 Å². The van der Waals surface area contributed by atoms with E-state index in [1.807, 2.05) is 0 Å². The maximum atomic E-state index is 12.6. The lowest BCUT2D eigenvalue weighted by atomic mass is 10.1. The van der Waals surface area contributed by atoms with Crippen LogP contribution in [0.1, 0.15) is 187 Å².